The molecule has 0 aliphatic heterocycles. The zero-order valence-electron chi connectivity index (χ0n) is 13.7. The Morgan fingerprint density at radius 2 is 2.05 bits per heavy atom. The molecule has 0 saturated heterocycles. The molecule has 0 unspecified atom stereocenters. The van der Waals surface area contributed by atoms with Crippen LogP contribution in [0, 0.1) is 0 Å². The van der Waals surface area contributed by atoms with Crippen molar-refractivity contribution in [3.8, 4) is 0 Å². The molecule has 0 aliphatic carbocycles. The van der Waals surface area contributed by atoms with Crippen LogP contribution >= 0.6 is 0 Å². The molecule has 2 heterocycles. The van der Waals surface area contributed by atoms with Crippen molar-refractivity contribution in [2.75, 3.05) is 7.05 Å². The van der Waals surface area contributed by atoms with E-state index in [4.69, 9.17) is 4.52 Å². The maximum absolute atomic E-state index is 5.26. The van der Waals surface area contributed by atoms with Gasteiger partial charge in [-0.1, -0.05) is 25.9 Å². The number of rotatable bonds is 4. The van der Waals surface area contributed by atoms with Crippen molar-refractivity contribution in [1.82, 2.24) is 30.6 Å². The smallest absolute Gasteiger partial charge is 0.232 e. The third kappa shape index (κ3) is 4.06. The van der Waals surface area contributed by atoms with Gasteiger partial charge in [0, 0.05) is 25.7 Å². The number of nitrogens with one attached hydrogen (secondary N) is 2. The Labute approximate surface area is 130 Å². The van der Waals surface area contributed by atoms with Crippen LogP contribution in [0.15, 0.2) is 21.8 Å². The van der Waals surface area contributed by atoms with Crippen molar-refractivity contribution in [3.05, 3.63) is 29.7 Å². The predicted molar refractivity (Wildman–Crippen MR) is 83.2 cm³/mol. The van der Waals surface area contributed by atoms with E-state index in [-0.39, 0.29) is 5.41 Å². The van der Waals surface area contributed by atoms with Crippen LogP contribution in [-0.4, -0.2) is 32.9 Å². The van der Waals surface area contributed by atoms with Gasteiger partial charge >= 0.3 is 0 Å². The molecule has 120 valence electrons. The number of aliphatic imine (C=N–C) groups is 1. The first-order valence-corrected chi connectivity index (χ1v) is 7.14. The first-order valence-electron chi connectivity index (χ1n) is 7.14. The Hall–Kier alpha value is -2.38. The summed E-state index contributed by atoms with van der Waals surface area (Å²) >= 11 is 0. The minimum atomic E-state index is -0.148. The van der Waals surface area contributed by atoms with E-state index in [1.165, 1.54) is 0 Å². The van der Waals surface area contributed by atoms with Crippen LogP contribution in [0.2, 0.25) is 0 Å². The molecule has 22 heavy (non-hydrogen) atoms. The van der Waals surface area contributed by atoms with Crippen LogP contribution in [0.4, 0.5) is 0 Å². The summed E-state index contributed by atoms with van der Waals surface area (Å²) in [4.78, 5) is 8.54. The summed E-state index contributed by atoms with van der Waals surface area (Å²) in [5.41, 5.74) is 0.919. The number of guanidine groups is 1. The van der Waals surface area contributed by atoms with Gasteiger partial charge in [-0.25, -0.2) is 0 Å². The number of hydrogen-bond donors (Lipinski definition) is 2. The summed E-state index contributed by atoms with van der Waals surface area (Å²) in [6, 6.07) is 1.95. The minimum Gasteiger partial charge on any atom is -0.351 e. The second-order valence-corrected chi connectivity index (χ2v) is 5.99. The Balaban J connectivity index is 1.86. The van der Waals surface area contributed by atoms with Gasteiger partial charge in [0.15, 0.2) is 11.8 Å². The second-order valence-electron chi connectivity index (χ2n) is 5.99. The van der Waals surface area contributed by atoms with Gasteiger partial charge in [-0.2, -0.15) is 10.1 Å². The standard InChI is InChI=1S/C14H23N7O/c1-14(2,3)12-19-11(20-22-12)9-17-13(15-4)16-8-10-6-7-18-21(10)5/h6-7H,8-9H2,1-5H3,(H2,15,16,17). The quantitative estimate of drug-likeness (QED) is 0.646. The van der Waals surface area contributed by atoms with Crippen molar-refractivity contribution in [2.45, 2.75) is 39.3 Å². The summed E-state index contributed by atoms with van der Waals surface area (Å²) in [7, 11) is 3.62. The molecule has 0 fully saturated rings. The average Bonchev–Trinajstić information content (AvgIpc) is 3.08. The zero-order valence-corrected chi connectivity index (χ0v) is 13.7. The van der Waals surface area contributed by atoms with Crippen molar-refractivity contribution in [2.24, 2.45) is 12.0 Å². The fraction of sp³-hybridized carbons (Fsp3) is 0.571. The van der Waals surface area contributed by atoms with E-state index in [1.54, 1.807) is 13.2 Å². The average molecular weight is 305 g/mol. The Morgan fingerprint density at radius 1 is 1.32 bits per heavy atom. The Bertz CT molecular complexity index is 636. The number of nitrogens with zero attached hydrogens (tertiary/aromatic N) is 5. The van der Waals surface area contributed by atoms with Crippen LogP contribution in [0.3, 0.4) is 0 Å². The molecule has 8 heteroatoms. The van der Waals surface area contributed by atoms with Crippen molar-refractivity contribution < 1.29 is 4.52 Å². The van der Waals surface area contributed by atoms with E-state index >= 15 is 0 Å². The lowest BCUT2D eigenvalue weighted by Gasteiger charge is -2.11. The number of aromatic nitrogens is 4. The molecule has 0 spiro atoms. The van der Waals surface area contributed by atoms with Crippen molar-refractivity contribution in [3.63, 3.8) is 0 Å². The van der Waals surface area contributed by atoms with E-state index in [1.807, 2.05) is 38.6 Å². The summed E-state index contributed by atoms with van der Waals surface area (Å²) < 4.78 is 7.07. The van der Waals surface area contributed by atoms with Gasteiger partial charge in [-0.05, 0) is 6.07 Å². The highest BCUT2D eigenvalue weighted by Crippen LogP contribution is 2.19. The van der Waals surface area contributed by atoms with Crippen LogP contribution in [0.1, 0.15) is 38.2 Å². The molecular weight excluding hydrogens is 282 g/mol. The molecule has 0 amide bonds. The van der Waals surface area contributed by atoms with E-state index in [2.05, 4.69) is 30.9 Å². The summed E-state index contributed by atoms with van der Waals surface area (Å²) in [6.45, 7) is 7.19. The summed E-state index contributed by atoms with van der Waals surface area (Å²) in [5.74, 6) is 1.90. The van der Waals surface area contributed by atoms with Gasteiger partial charge in [-0.3, -0.25) is 9.67 Å². The molecular formula is C14H23N7O. The number of aryl methyl sites for hydroxylation is 1. The molecule has 2 rings (SSSR count). The SMILES string of the molecule is CN=C(NCc1noc(C(C)(C)C)n1)NCc1ccnn1C. The van der Waals surface area contributed by atoms with E-state index in [0.29, 0.717) is 30.8 Å². The highest BCUT2D eigenvalue weighted by Gasteiger charge is 2.21. The lowest BCUT2D eigenvalue weighted by molar-refractivity contribution is 0.318. The fourth-order valence-corrected chi connectivity index (χ4v) is 1.76. The molecule has 2 aromatic rings. The summed E-state index contributed by atoms with van der Waals surface area (Å²) in [5, 5.41) is 14.5. The van der Waals surface area contributed by atoms with E-state index in [9.17, 15) is 0 Å². The van der Waals surface area contributed by atoms with Crippen LogP contribution in [0.5, 0.6) is 0 Å². The highest BCUT2D eigenvalue weighted by molar-refractivity contribution is 5.79. The van der Waals surface area contributed by atoms with Crippen LogP contribution in [-0.2, 0) is 25.6 Å². The highest BCUT2D eigenvalue weighted by atomic mass is 16.5. The normalized spacial score (nSPS) is 12.5. The first-order chi connectivity index (χ1) is 10.4. The lowest BCUT2D eigenvalue weighted by atomic mass is 9.97. The molecule has 0 aromatic carbocycles. The second kappa shape index (κ2) is 6.59. The van der Waals surface area contributed by atoms with Gasteiger partial charge in [-0.15, -0.1) is 0 Å². The lowest BCUT2D eigenvalue weighted by Crippen LogP contribution is -2.37. The third-order valence-electron chi connectivity index (χ3n) is 3.11. The molecule has 0 atom stereocenters. The van der Waals surface area contributed by atoms with Gasteiger partial charge in [0.25, 0.3) is 0 Å². The van der Waals surface area contributed by atoms with Gasteiger partial charge < -0.3 is 15.2 Å². The molecule has 2 aromatic heterocycles. The van der Waals surface area contributed by atoms with Crippen molar-refractivity contribution >= 4 is 5.96 Å². The molecule has 0 bridgehead atoms. The fourth-order valence-electron chi connectivity index (χ4n) is 1.76. The first kappa shape index (κ1) is 16.0. The van der Waals surface area contributed by atoms with Gasteiger partial charge in [0.05, 0.1) is 18.8 Å². The minimum absolute atomic E-state index is 0.148. The maximum Gasteiger partial charge on any atom is 0.232 e. The Morgan fingerprint density at radius 3 is 2.59 bits per heavy atom. The molecule has 0 aliphatic rings. The van der Waals surface area contributed by atoms with Crippen LogP contribution in [0.25, 0.3) is 0 Å². The van der Waals surface area contributed by atoms with Crippen LogP contribution < -0.4 is 10.6 Å². The molecule has 0 radical (unpaired) electrons. The predicted octanol–water partition coefficient (Wildman–Crippen LogP) is 0.966. The van der Waals surface area contributed by atoms with E-state index < -0.39 is 0 Å². The maximum atomic E-state index is 5.26. The van der Waals surface area contributed by atoms with Crippen molar-refractivity contribution in [1.29, 1.82) is 0 Å². The summed E-state index contributed by atoms with van der Waals surface area (Å²) in [6.07, 6.45) is 1.76. The molecule has 2 N–H and O–H groups in total. The van der Waals surface area contributed by atoms with Gasteiger partial charge in [0.1, 0.15) is 0 Å². The Kier molecular flexibility index (Phi) is 4.79. The molecule has 8 nitrogen and oxygen atoms in total. The largest absolute Gasteiger partial charge is 0.351 e. The zero-order chi connectivity index (χ0) is 16.2. The monoisotopic (exact) mass is 305 g/mol. The third-order valence-corrected chi connectivity index (χ3v) is 3.11. The topological polar surface area (TPSA) is 93.2 Å². The van der Waals surface area contributed by atoms with Gasteiger partial charge in [0.2, 0.25) is 5.89 Å². The number of hydrogen-bond acceptors (Lipinski definition) is 5. The van der Waals surface area contributed by atoms with E-state index in [0.717, 1.165) is 5.69 Å². The molecule has 0 saturated carbocycles.